The Morgan fingerprint density at radius 3 is 2.17 bits per heavy atom. The number of nitrogens with two attached hydrogens (primary N) is 1. The molecule has 212 valence electrons. The van der Waals surface area contributed by atoms with Gasteiger partial charge in [0.2, 0.25) is 0 Å². The van der Waals surface area contributed by atoms with E-state index in [9.17, 15) is 19.6 Å². The smallest absolute Gasteiger partial charge is 0.355 e. The minimum absolute atomic E-state index is 0.0105. The Morgan fingerprint density at radius 2 is 1.55 bits per heavy atom. The summed E-state index contributed by atoms with van der Waals surface area (Å²) in [4.78, 5) is 42.1. The average Bonchev–Trinajstić information content (AvgIpc) is 3.03. The van der Waals surface area contributed by atoms with E-state index in [2.05, 4.69) is 6.07 Å². The zero-order valence-electron chi connectivity index (χ0n) is 22.5. The molecule has 10 nitrogen and oxygen atoms in total. The fourth-order valence-corrected chi connectivity index (χ4v) is 5.22. The highest BCUT2D eigenvalue weighted by Crippen LogP contribution is 2.47. The number of carbonyl (C=O) groups is 3. The molecule has 2 aliphatic rings. The number of rotatable bonds is 6. The number of hydrogen-bond donors (Lipinski definition) is 1. The highest BCUT2D eigenvalue weighted by atomic mass is 35.5. The molecule has 0 fully saturated rings. The molecule has 0 saturated carbocycles. The number of ether oxygens (including phenoxy) is 4. The van der Waals surface area contributed by atoms with E-state index in [1.807, 2.05) is 0 Å². The molecule has 1 unspecified atom stereocenters. The lowest BCUT2D eigenvalue weighted by Gasteiger charge is -2.37. The van der Waals surface area contributed by atoms with Gasteiger partial charge in [0.1, 0.15) is 24.7 Å². The minimum atomic E-state index is -1.08. The fraction of sp³-hybridized carbons (Fsp3) is 0.161. The van der Waals surface area contributed by atoms with E-state index in [1.165, 1.54) is 12.1 Å². The number of anilines is 1. The summed E-state index contributed by atoms with van der Waals surface area (Å²) in [5.41, 5.74) is 6.79. The Labute approximate surface area is 246 Å². The van der Waals surface area contributed by atoms with Crippen molar-refractivity contribution < 1.29 is 33.3 Å². The maximum absolute atomic E-state index is 14.0. The van der Waals surface area contributed by atoms with Crippen molar-refractivity contribution in [2.45, 2.75) is 5.92 Å². The Kier molecular flexibility index (Phi) is 7.86. The average molecular weight is 586 g/mol. The zero-order valence-corrected chi connectivity index (χ0v) is 23.3. The van der Waals surface area contributed by atoms with Gasteiger partial charge in [0, 0.05) is 11.6 Å². The van der Waals surface area contributed by atoms with Crippen LogP contribution < -0.4 is 20.1 Å². The second kappa shape index (κ2) is 11.7. The summed E-state index contributed by atoms with van der Waals surface area (Å²) in [6, 6.07) is 20.0. The highest BCUT2D eigenvalue weighted by Gasteiger charge is 2.44. The molecule has 3 aromatic rings. The summed E-state index contributed by atoms with van der Waals surface area (Å²) in [5.74, 6) is -3.13. The van der Waals surface area contributed by atoms with Gasteiger partial charge in [-0.05, 0) is 23.8 Å². The van der Waals surface area contributed by atoms with Crippen LogP contribution in [0.5, 0.6) is 11.5 Å². The summed E-state index contributed by atoms with van der Waals surface area (Å²) in [5, 5.41) is 10.5. The van der Waals surface area contributed by atoms with Crippen molar-refractivity contribution in [1.29, 1.82) is 5.26 Å². The Hall–Kier alpha value is -5.27. The number of esters is 2. The molecule has 0 spiro atoms. The molecular formula is C31H24ClN3O7. The predicted molar refractivity (Wildman–Crippen MR) is 152 cm³/mol. The standard InChI is InChI=1S/C31H24ClN3O7/c1-39-30(37)26-25(17-8-4-3-5-9-17)20(16-33)29(34)35(27(26)31(38)40-2)22-15-24-23(41-12-13-42-24)14-19(22)28(36)18-10-6-7-11-21(18)32/h3-11,14-15,25H,12-13,34H2,1-2H3. The lowest BCUT2D eigenvalue weighted by molar-refractivity contribution is -0.139. The lowest BCUT2D eigenvalue weighted by Crippen LogP contribution is -2.41. The molecule has 0 amide bonds. The first-order chi connectivity index (χ1) is 20.3. The van der Waals surface area contributed by atoms with Crippen LogP contribution in [0.25, 0.3) is 0 Å². The van der Waals surface area contributed by atoms with Crippen LogP contribution in [-0.2, 0) is 19.1 Å². The Balaban J connectivity index is 1.87. The van der Waals surface area contributed by atoms with Gasteiger partial charge in [-0.2, -0.15) is 5.26 Å². The topological polar surface area (TPSA) is 141 Å². The van der Waals surface area contributed by atoms with Crippen LogP contribution >= 0.6 is 11.6 Å². The first-order valence-electron chi connectivity index (χ1n) is 12.7. The van der Waals surface area contributed by atoms with Crippen LogP contribution in [-0.4, -0.2) is 45.2 Å². The van der Waals surface area contributed by atoms with Crippen molar-refractivity contribution in [3.8, 4) is 17.6 Å². The lowest BCUT2D eigenvalue weighted by atomic mass is 9.80. The molecule has 0 saturated heterocycles. The quantitative estimate of drug-likeness (QED) is 0.330. The third-order valence-corrected chi connectivity index (χ3v) is 7.20. The summed E-state index contributed by atoms with van der Waals surface area (Å²) >= 11 is 6.38. The minimum Gasteiger partial charge on any atom is -0.486 e. The molecule has 5 rings (SSSR count). The number of nitriles is 1. The van der Waals surface area contributed by atoms with Gasteiger partial charge in [-0.1, -0.05) is 54.1 Å². The van der Waals surface area contributed by atoms with Gasteiger partial charge in [-0.3, -0.25) is 9.69 Å². The molecule has 0 aliphatic carbocycles. The molecule has 0 aromatic heterocycles. The molecular weight excluding hydrogens is 562 g/mol. The van der Waals surface area contributed by atoms with Crippen molar-refractivity contribution in [3.05, 3.63) is 111 Å². The first-order valence-corrected chi connectivity index (χ1v) is 13.1. The summed E-state index contributed by atoms with van der Waals surface area (Å²) in [6.45, 7) is 0.469. The van der Waals surface area contributed by atoms with E-state index in [0.717, 1.165) is 19.1 Å². The second-order valence-corrected chi connectivity index (χ2v) is 9.56. The number of fused-ring (bicyclic) bond motifs is 1. The van der Waals surface area contributed by atoms with Crippen molar-refractivity contribution in [2.75, 3.05) is 32.3 Å². The molecule has 2 heterocycles. The molecule has 2 N–H and O–H groups in total. The van der Waals surface area contributed by atoms with Crippen LogP contribution in [0.4, 0.5) is 5.69 Å². The van der Waals surface area contributed by atoms with Gasteiger partial charge in [-0.25, -0.2) is 9.59 Å². The normalized spacial score (nSPS) is 16.0. The summed E-state index contributed by atoms with van der Waals surface area (Å²) in [6.07, 6.45) is 0. The maximum atomic E-state index is 14.0. The number of halogens is 1. The number of allylic oxidation sites excluding steroid dienone is 1. The molecule has 11 heteroatoms. The third-order valence-electron chi connectivity index (χ3n) is 6.87. The largest absolute Gasteiger partial charge is 0.486 e. The van der Waals surface area contributed by atoms with Crippen LogP contribution in [0.15, 0.2) is 89.4 Å². The van der Waals surface area contributed by atoms with E-state index >= 15 is 0 Å². The van der Waals surface area contributed by atoms with Crippen LogP contribution in [0, 0.1) is 11.3 Å². The molecule has 0 radical (unpaired) electrons. The zero-order chi connectivity index (χ0) is 30.0. The van der Waals surface area contributed by atoms with E-state index in [1.54, 1.807) is 54.6 Å². The highest BCUT2D eigenvalue weighted by molar-refractivity contribution is 6.35. The van der Waals surface area contributed by atoms with E-state index in [4.69, 9.17) is 36.3 Å². The van der Waals surface area contributed by atoms with Crippen molar-refractivity contribution >= 4 is 35.0 Å². The van der Waals surface area contributed by atoms with Gasteiger partial charge in [0.05, 0.1) is 53.6 Å². The maximum Gasteiger partial charge on any atom is 0.355 e. The summed E-state index contributed by atoms with van der Waals surface area (Å²) in [7, 11) is 2.29. The van der Waals surface area contributed by atoms with Gasteiger partial charge in [0.25, 0.3) is 0 Å². The first kappa shape index (κ1) is 28.3. The molecule has 3 aromatic carbocycles. The second-order valence-electron chi connectivity index (χ2n) is 9.16. The van der Waals surface area contributed by atoms with Gasteiger partial charge < -0.3 is 24.7 Å². The Morgan fingerprint density at radius 1 is 0.929 bits per heavy atom. The molecule has 2 aliphatic heterocycles. The van der Waals surface area contributed by atoms with E-state index in [0.29, 0.717) is 5.56 Å². The van der Waals surface area contributed by atoms with Gasteiger partial charge in [-0.15, -0.1) is 0 Å². The van der Waals surface area contributed by atoms with Crippen molar-refractivity contribution in [1.82, 2.24) is 0 Å². The third kappa shape index (κ3) is 4.80. The number of methoxy groups -OCH3 is 2. The van der Waals surface area contributed by atoms with Gasteiger partial charge >= 0.3 is 11.9 Å². The molecule has 0 bridgehead atoms. The molecule has 42 heavy (non-hydrogen) atoms. The number of carbonyl (C=O) groups excluding carboxylic acids is 3. The monoisotopic (exact) mass is 585 g/mol. The summed E-state index contributed by atoms with van der Waals surface area (Å²) < 4.78 is 21.7. The predicted octanol–water partition coefficient (Wildman–Crippen LogP) is 4.24. The number of ketones is 1. The number of nitrogens with zero attached hydrogens (tertiary/aromatic N) is 2. The van der Waals surface area contributed by atoms with Crippen molar-refractivity contribution in [2.24, 2.45) is 5.73 Å². The number of benzene rings is 3. The van der Waals surface area contributed by atoms with E-state index in [-0.39, 0.29) is 69.2 Å². The van der Waals surface area contributed by atoms with Crippen LogP contribution in [0.1, 0.15) is 27.4 Å². The SMILES string of the molecule is COC(=O)C1=C(C(=O)OC)N(c2cc3c(cc2C(=O)c2ccccc2Cl)OCCO3)C(N)=C(C#N)C1c1ccccc1. The number of hydrogen-bond acceptors (Lipinski definition) is 10. The van der Waals surface area contributed by atoms with E-state index < -0.39 is 23.6 Å². The Bertz CT molecular complexity index is 1710. The van der Waals surface area contributed by atoms with Crippen molar-refractivity contribution in [3.63, 3.8) is 0 Å². The fourth-order valence-electron chi connectivity index (χ4n) is 5.00. The molecule has 1 atom stereocenters. The van der Waals surface area contributed by atoms with Gasteiger partial charge in [0.15, 0.2) is 17.3 Å². The van der Waals surface area contributed by atoms with Crippen LogP contribution in [0.3, 0.4) is 0 Å². The van der Waals surface area contributed by atoms with Crippen LogP contribution in [0.2, 0.25) is 5.02 Å².